The van der Waals surface area contributed by atoms with Crippen LogP contribution in [0, 0.1) is 12.8 Å². The fourth-order valence-corrected chi connectivity index (χ4v) is 3.15. The molecule has 1 aliphatic carbocycles. The van der Waals surface area contributed by atoms with Crippen LogP contribution in [0.15, 0.2) is 35.1 Å². The van der Waals surface area contributed by atoms with E-state index in [2.05, 4.69) is 4.98 Å². The number of oxazole rings is 1. The molecule has 0 spiro atoms. The van der Waals surface area contributed by atoms with Gasteiger partial charge in [-0.25, -0.2) is 4.98 Å². The third kappa shape index (κ3) is 3.29. The van der Waals surface area contributed by atoms with Crippen LogP contribution in [-0.2, 0) is 0 Å². The summed E-state index contributed by atoms with van der Waals surface area (Å²) >= 11 is 0. The molecule has 23 heavy (non-hydrogen) atoms. The van der Waals surface area contributed by atoms with E-state index >= 15 is 0 Å². The Bertz CT molecular complexity index is 678. The Morgan fingerprint density at radius 3 is 2.74 bits per heavy atom. The third-order valence-corrected chi connectivity index (χ3v) is 4.56. The van der Waals surface area contributed by atoms with Gasteiger partial charge >= 0.3 is 0 Å². The molecule has 0 saturated heterocycles. The van der Waals surface area contributed by atoms with E-state index in [0.717, 1.165) is 30.4 Å². The first-order valence-corrected chi connectivity index (χ1v) is 8.00. The Hall–Kier alpha value is -2.14. The first kappa shape index (κ1) is 15.7. The summed E-state index contributed by atoms with van der Waals surface area (Å²) in [7, 11) is 1.75. The van der Waals surface area contributed by atoms with Gasteiger partial charge in [0.1, 0.15) is 0 Å². The second-order valence-corrected chi connectivity index (χ2v) is 6.34. The minimum Gasteiger partial charge on any atom is -0.443 e. The molecule has 122 valence electrons. The predicted octanol–water partition coefficient (Wildman–Crippen LogP) is 2.88. The lowest BCUT2D eigenvalue weighted by Crippen LogP contribution is -2.34. The number of nitrogens with zero attached hydrogens (tertiary/aromatic N) is 2. The maximum absolute atomic E-state index is 12.7. The summed E-state index contributed by atoms with van der Waals surface area (Å²) in [5.74, 6) is 0.473. The van der Waals surface area contributed by atoms with Crippen LogP contribution in [-0.4, -0.2) is 40.6 Å². The molecule has 1 saturated carbocycles. The molecule has 1 amide bonds. The van der Waals surface area contributed by atoms with E-state index in [1.165, 1.54) is 6.39 Å². The average molecular weight is 314 g/mol. The van der Waals surface area contributed by atoms with Crippen LogP contribution in [0.2, 0.25) is 0 Å². The second-order valence-electron chi connectivity index (χ2n) is 6.34. The molecule has 1 heterocycles. The van der Waals surface area contributed by atoms with Crippen LogP contribution in [0.3, 0.4) is 0 Å². The number of benzene rings is 1. The number of amides is 1. The maximum Gasteiger partial charge on any atom is 0.276 e. The number of aliphatic hydroxyl groups excluding tert-OH is 1. The van der Waals surface area contributed by atoms with E-state index in [1.807, 2.05) is 31.2 Å². The van der Waals surface area contributed by atoms with Gasteiger partial charge in [-0.2, -0.15) is 0 Å². The topological polar surface area (TPSA) is 66.6 Å². The van der Waals surface area contributed by atoms with Crippen LogP contribution in [0.5, 0.6) is 0 Å². The molecular weight excluding hydrogens is 292 g/mol. The molecular formula is C18H22N2O3. The lowest BCUT2D eigenvalue weighted by molar-refractivity contribution is 0.0689. The van der Waals surface area contributed by atoms with E-state index in [4.69, 9.17) is 4.42 Å². The zero-order valence-electron chi connectivity index (χ0n) is 13.5. The van der Waals surface area contributed by atoms with Gasteiger partial charge in [0.2, 0.25) is 0 Å². The summed E-state index contributed by atoms with van der Waals surface area (Å²) in [5.41, 5.74) is 2.31. The molecule has 0 aliphatic heterocycles. The smallest absolute Gasteiger partial charge is 0.276 e. The minimum absolute atomic E-state index is 0.152. The highest BCUT2D eigenvalue weighted by molar-refractivity contribution is 5.97. The van der Waals surface area contributed by atoms with Crippen molar-refractivity contribution < 1.29 is 14.3 Å². The van der Waals surface area contributed by atoms with Crippen LogP contribution in [0.1, 0.15) is 35.3 Å². The van der Waals surface area contributed by atoms with Gasteiger partial charge in [0.05, 0.1) is 6.10 Å². The van der Waals surface area contributed by atoms with Crippen molar-refractivity contribution in [1.82, 2.24) is 9.88 Å². The summed E-state index contributed by atoms with van der Waals surface area (Å²) in [6.45, 7) is 2.55. The number of hydrogen-bond donors (Lipinski definition) is 1. The molecule has 1 N–H and O–H groups in total. The van der Waals surface area contributed by atoms with Gasteiger partial charge in [0.25, 0.3) is 5.91 Å². The highest BCUT2D eigenvalue weighted by Gasteiger charge is 2.29. The number of aliphatic hydroxyl groups is 1. The summed E-state index contributed by atoms with van der Waals surface area (Å²) in [5, 5.41) is 9.94. The van der Waals surface area contributed by atoms with Crippen LogP contribution in [0.4, 0.5) is 0 Å². The van der Waals surface area contributed by atoms with E-state index in [-0.39, 0.29) is 17.9 Å². The first-order valence-electron chi connectivity index (χ1n) is 8.00. The highest BCUT2D eigenvalue weighted by atomic mass is 16.3. The molecule has 1 fully saturated rings. The van der Waals surface area contributed by atoms with E-state index in [1.54, 1.807) is 11.9 Å². The van der Waals surface area contributed by atoms with Gasteiger partial charge in [-0.15, -0.1) is 0 Å². The van der Waals surface area contributed by atoms with Crippen molar-refractivity contribution in [1.29, 1.82) is 0 Å². The molecule has 0 radical (unpaired) electrons. The van der Waals surface area contributed by atoms with Crippen LogP contribution < -0.4 is 0 Å². The number of carbonyl (C=O) groups excluding carboxylic acids is 1. The largest absolute Gasteiger partial charge is 0.443 e. The Kier molecular flexibility index (Phi) is 4.48. The maximum atomic E-state index is 12.7. The quantitative estimate of drug-likeness (QED) is 0.942. The highest BCUT2D eigenvalue weighted by Crippen LogP contribution is 2.28. The number of aryl methyl sites for hydroxylation is 1. The fourth-order valence-electron chi connectivity index (χ4n) is 3.15. The van der Waals surface area contributed by atoms with Crippen molar-refractivity contribution in [3.05, 3.63) is 41.9 Å². The molecule has 1 aromatic carbocycles. The van der Waals surface area contributed by atoms with Crippen LogP contribution >= 0.6 is 0 Å². The van der Waals surface area contributed by atoms with Gasteiger partial charge in [0, 0.05) is 25.1 Å². The average Bonchev–Trinajstić information content (AvgIpc) is 3.17. The zero-order valence-corrected chi connectivity index (χ0v) is 13.5. The SMILES string of the molecule is Cc1ccc(-c2ocnc2C(=O)N(C)CC2CCCC2O)cc1. The van der Waals surface area contributed by atoms with Crippen molar-refractivity contribution in [3.8, 4) is 11.3 Å². The summed E-state index contributed by atoms with van der Waals surface area (Å²) in [6, 6.07) is 7.80. The first-order chi connectivity index (χ1) is 11.1. The predicted molar refractivity (Wildman–Crippen MR) is 87.0 cm³/mol. The zero-order chi connectivity index (χ0) is 16.4. The van der Waals surface area contributed by atoms with Crippen molar-refractivity contribution in [2.24, 2.45) is 5.92 Å². The molecule has 5 nitrogen and oxygen atoms in total. The van der Waals surface area contributed by atoms with Crippen molar-refractivity contribution in [2.75, 3.05) is 13.6 Å². The second kappa shape index (κ2) is 6.54. The minimum atomic E-state index is -0.306. The molecule has 1 aliphatic rings. The molecule has 2 aromatic rings. The molecule has 0 bridgehead atoms. The Balaban J connectivity index is 1.77. The standard InChI is InChI=1S/C18H22N2O3/c1-12-6-8-13(9-7-12)17-16(19-11-23-17)18(22)20(2)10-14-4-3-5-15(14)21/h6-9,11,14-15,21H,3-5,10H2,1-2H3. The monoisotopic (exact) mass is 314 g/mol. The van der Waals surface area contributed by atoms with Gasteiger partial charge in [-0.05, 0) is 19.8 Å². The lowest BCUT2D eigenvalue weighted by Gasteiger charge is -2.22. The van der Waals surface area contributed by atoms with Crippen LogP contribution in [0.25, 0.3) is 11.3 Å². The normalized spacial score (nSPS) is 20.7. The number of carbonyl (C=O) groups is 1. The van der Waals surface area contributed by atoms with Crippen molar-refractivity contribution >= 4 is 5.91 Å². The van der Waals surface area contributed by atoms with Gasteiger partial charge < -0.3 is 14.4 Å². The van der Waals surface area contributed by atoms with Crippen molar-refractivity contribution in [2.45, 2.75) is 32.3 Å². The summed E-state index contributed by atoms with van der Waals surface area (Å²) in [4.78, 5) is 18.4. The summed E-state index contributed by atoms with van der Waals surface area (Å²) < 4.78 is 5.44. The number of hydrogen-bond acceptors (Lipinski definition) is 4. The third-order valence-electron chi connectivity index (χ3n) is 4.56. The van der Waals surface area contributed by atoms with Gasteiger partial charge in [-0.1, -0.05) is 36.2 Å². The van der Waals surface area contributed by atoms with E-state index in [9.17, 15) is 9.90 Å². The molecule has 1 aromatic heterocycles. The van der Waals surface area contributed by atoms with Crippen molar-refractivity contribution in [3.63, 3.8) is 0 Å². The number of rotatable bonds is 4. The number of aromatic nitrogens is 1. The van der Waals surface area contributed by atoms with Gasteiger partial charge in [-0.3, -0.25) is 4.79 Å². The van der Waals surface area contributed by atoms with E-state index in [0.29, 0.717) is 18.0 Å². The Labute approximate surface area is 135 Å². The van der Waals surface area contributed by atoms with Gasteiger partial charge in [0.15, 0.2) is 17.8 Å². The Morgan fingerprint density at radius 1 is 1.35 bits per heavy atom. The molecule has 2 unspecified atom stereocenters. The lowest BCUT2D eigenvalue weighted by atomic mass is 10.0. The molecule has 2 atom stereocenters. The summed E-state index contributed by atoms with van der Waals surface area (Å²) in [6.07, 6.45) is 3.81. The molecule has 3 rings (SSSR count). The fraction of sp³-hybridized carbons (Fsp3) is 0.444. The Morgan fingerprint density at radius 2 is 2.09 bits per heavy atom. The van der Waals surface area contributed by atoms with E-state index < -0.39 is 0 Å². The molecule has 5 heteroatoms.